The van der Waals surface area contributed by atoms with E-state index in [1.165, 1.54) is 27.0 Å². The summed E-state index contributed by atoms with van der Waals surface area (Å²) in [7, 11) is 1.54. The van der Waals surface area contributed by atoms with Crippen molar-refractivity contribution in [3.8, 4) is 0 Å². The van der Waals surface area contributed by atoms with E-state index >= 15 is 0 Å². The van der Waals surface area contributed by atoms with Crippen LogP contribution in [0, 0.1) is 0 Å². The van der Waals surface area contributed by atoms with E-state index in [2.05, 4.69) is 0 Å². The Balaban J connectivity index is 2.83. The standard InChI is InChI=1S/C13H13F3N2OS/c1-8(7-20-3)18-11-6-9(13(14,15)16)4-5-10(11)17(2)12(18)19/h4-7H,1-3H3. The molecule has 0 unspecified atom stereocenters. The first kappa shape index (κ1) is 14.8. The van der Waals surface area contributed by atoms with Gasteiger partial charge in [0.15, 0.2) is 0 Å². The second-order valence-corrected chi connectivity index (χ2v) is 5.08. The molecular formula is C13H13F3N2OS. The Morgan fingerprint density at radius 2 is 1.95 bits per heavy atom. The first-order chi connectivity index (χ1) is 9.27. The summed E-state index contributed by atoms with van der Waals surface area (Å²) in [4.78, 5) is 12.2. The Morgan fingerprint density at radius 1 is 1.30 bits per heavy atom. The molecule has 7 heteroatoms. The molecule has 2 rings (SSSR count). The molecule has 0 atom stereocenters. The minimum atomic E-state index is -4.43. The molecule has 0 amide bonds. The predicted molar refractivity (Wildman–Crippen MR) is 75.6 cm³/mol. The maximum absolute atomic E-state index is 12.8. The molecule has 0 radical (unpaired) electrons. The first-order valence-electron chi connectivity index (χ1n) is 5.76. The maximum atomic E-state index is 12.8. The van der Waals surface area contributed by atoms with Gasteiger partial charge < -0.3 is 0 Å². The number of aryl methyl sites for hydroxylation is 1. The molecule has 0 saturated carbocycles. The van der Waals surface area contributed by atoms with Crippen LogP contribution in [-0.2, 0) is 13.2 Å². The molecule has 0 spiro atoms. The van der Waals surface area contributed by atoms with Crippen molar-refractivity contribution < 1.29 is 13.2 Å². The van der Waals surface area contributed by atoms with Crippen molar-refractivity contribution in [1.29, 1.82) is 0 Å². The van der Waals surface area contributed by atoms with Gasteiger partial charge in [-0.2, -0.15) is 13.2 Å². The van der Waals surface area contributed by atoms with Crippen molar-refractivity contribution in [2.75, 3.05) is 6.26 Å². The Morgan fingerprint density at radius 3 is 2.50 bits per heavy atom. The van der Waals surface area contributed by atoms with Gasteiger partial charge in [0, 0.05) is 12.7 Å². The molecule has 1 aromatic carbocycles. The monoisotopic (exact) mass is 302 g/mol. The van der Waals surface area contributed by atoms with E-state index in [1.54, 1.807) is 19.4 Å². The average molecular weight is 302 g/mol. The highest BCUT2D eigenvalue weighted by atomic mass is 32.2. The molecule has 0 bridgehead atoms. The topological polar surface area (TPSA) is 26.9 Å². The summed E-state index contributed by atoms with van der Waals surface area (Å²) >= 11 is 1.39. The van der Waals surface area contributed by atoms with Crippen molar-refractivity contribution in [1.82, 2.24) is 9.13 Å². The summed E-state index contributed by atoms with van der Waals surface area (Å²) in [6.07, 6.45) is -2.61. The van der Waals surface area contributed by atoms with E-state index in [-0.39, 0.29) is 11.2 Å². The minimum absolute atomic E-state index is 0.259. The third-order valence-electron chi connectivity index (χ3n) is 3.02. The average Bonchev–Trinajstić information content (AvgIpc) is 2.61. The third-order valence-corrected chi connectivity index (χ3v) is 3.60. The zero-order chi connectivity index (χ0) is 15.1. The number of alkyl halides is 3. The van der Waals surface area contributed by atoms with E-state index < -0.39 is 11.7 Å². The van der Waals surface area contributed by atoms with Crippen LogP contribution in [0.15, 0.2) is 28.4 Å². The van der Waals surface area contributed by atoms with Gasteiger partial charge in [-0.3, -0.25) is 9.13 Å². The number of thioether (sulfide) groups is 1. The number of halogens is 3. The fraction of sp³-hybridized carbons (Fsp3) is 0.308. The van der Waals surface area contributed by atoms with Crippen LogP contribution in [0.2, 0.25) is 0 Å². The largest absolute Gasteiger partial charge is 0.416 e. The summed E-state index contributed by atoms with van der Waals surface area (Å²) in [5.74, 6) is 0. The van der Waals surface area contributed by atoms with Crippen molar-refractivity contribution in [3.63, 3.8) is 0 Å². The maximum Gasteiger partial charge on any atom is 0.416 e. The van der Waals surface area contributed by atoms with Crippen LogP contribution in [0.1, 0.15) is 12.5 Å². The van der Waals surface area contributed by atoms with Crippen LogP contribution in [0.5, 0.6) is 0 Å². The molecule has 0 saturated heterocycles. The van der Waals surface area contributed by atoms with E-state index in [0.29, 0.717) is 11.2 Å². The quantitative estimate of drug-likeness (QED) is 0.848. The molecule has 3 nitrogen and oxygen atoms in total. The van der Waals surface area contributed by atoms with Crippen molar-refractivity contribution >= 4 is 28.5 Å². The molecule has 20 heavy (non-hydrogen) atoms. The molecule has 0 aliphatic rings. The van der Waals surface area contributed by atoms with E-state index in [0.717, 1.165) is 12.1 Å². The van der Waals surface area contributed by atoms with Gasteiger partial charge in [0.25, 0.3) is 0 Å². The smallest absolute Gasteiger partial charge is 0.295 e. The van der Waals surface area contributed by atoms with Gasteiger partial charge in [0.05, 0.1) is 16.6 Å². The van der Waals surface area contributed by atoms with Crippen LogP contribution in [-0.4, -0.2) is 15.4 Å². The predicted octanol–water partition coefficient (Wildman–Crippen LogP) is 3.54. The lowest BCUT2D eigenvalue weighted by molar-refractivity contribution is -0.137. The second-order valence-electron chi connectivity index (χ2n) is 4.37. The summed E-state index contributed by atoms with van der Waals surface area (Å²) < 4.78 is 41.0. The molecule has 1 aromatic heterocycles. The number of fused-ring (bicyclic) bond motifs is 1. The van der Waals surface area contributed by atoms with Crippen LogP contribution >= 0.6 is 11.8 Å². The zero-order valence-corrected chi connectivity index (χ0v) is 12.0. The fourth-order valence-corrected chi connectivity index (χ4v) is 2.53. The molecule has 108 valence electrons. The minimum Gasteiger partial charge on any atom is -0.295 e. The lowest BCUT2D eigenvalue weighted by Gasteiger charge is -2.08. The third kappa shape index (κ3) is 2.37. The van der Waals surface area contributed by atoms with Gasteiger partial charge in [-0.15, -0.1) is 11.8 Å². The highest BCUT2D eigenvalue weighted by Crippen LogP contribution is 2.31. The number of benzene rings is 1. The Hall–Kier alpha value is -1.63. The van der Waals surface area contributed by atoms with Crippen LogP contribution in [0.3, 0.4) is 0 Å². The van der Waals surface area contributed by atoms with Crippen molar-refractivity contribution in [2.24, 2.45) is 7.05 Å². The van der Waals surface area contributed by atoms with Crippen molar-refractivity contribution in [3.05, 3.63) is 39.7 Å². The molecule has 0 N–H and O–H groups in total. The normalized spacial score (nSPS) is 13.2. The number of hydrogen-bond donors (Lipinski definition) is 0. The number of nitrogens with zero attached hydrogens (tertiary/aromatic N) is 2. The molecule has 0 aliphatic carbocycles. The highest BCUT2D eigenvalue weighted by Gasteiger charge is 2.31. The summed E-state index contributed by atoms with van der Waals surface area (Å²) in [6, 6.07) is 3.32. The lowest BCUT2D eigenvalue weighted by Crippen LogP contribution is -2.20. The second kappa shape index (κ2) is 5.05. The van der Waals surface area contributed by atoms with Gasteiger partial charge in [-0.25, -0.2) is 4.79 Å². The molecule has 0 fully saturated rings. The lowest BCUT2D eigenvalue weighted by atomic mass is 10.2. The van der Waals surface area contributed by atoms with Crippen LogP contribution < -0.4 is 5.69 Å². The summed E-state index contributed by atoms with van der Waals surface area (Å²) in [5, 5.41) is 1.72. The van der Waals surface area contributed by atoms with Gasteiger partial charge in [0.1, 0.15) is 0 Å². The molecule has 2 aromatic rings. The van der Waals surface area contributed by atoms with E-state index in [9.17, 15) is 18.0 Å². The van der Waals surface area contributed by atoms with Gasteiger partial charge >= 0.3 is 11.9 Å². The van der Waals surface area contributed by atoms with Gasteiger partial charge in [0.2, 0.25) is 0 Å². The molecule has 0 aliphatic heterocycles. The number of rotatable bonds is 2. The zero-order valence-electron chi connectivity index (χ0n) is 11.2. The van der Waals surface area contributed by atoms with Crippen LogP contribution in [0.4, 0.5) is 13.2 Å². The number of imidazole rings is 1. The Kier molecular flexibility index (Phi) is 3.73. The highest BCUT2D eigenvalue weighted by molar-refractivity contribution is 8.01. The number of allylic oxidation sites excluding steroid dienone is 1. The van der Waals surface area contributed by atoms with E-state index in [1.807, 2.05) is 6.26 Å². The number of aromatic nitrogens is 2. The Labute approximate surface area is 117 Å². The van der Waals surface area contributed by atoms with Crippen molar-refractivity contribution in [2.45, 2.75) is 13.1 Å². The number of hydrogen-bond acceptors (Lipinski definition) is 2. The Bertz CT molecular complexity index is 740. The van der Waals surface area contributed by atoms with Gasteiger partial charge in [-0.1, -0.05) is 0 Å². The first-order valence-corrected chi connectivity index (χ1v) is 7.04. The van der Waals surface area contributed by atoms with Crippen LogP contribution in [0.25, 0.3) is 16.7 Å². The molecule has 1 heterocycles. The summed E-state index contributed by atoms with van der Waals surface area (Å²) in [5.41, 5.74) is 0.197. The van der Waals surface area contributed by atoms with E-state index in [4.69, 9.17) is 0 Å². The SMILES string of the molecule is CSC=C(C)n1c(=O)n(C)c2ccc(C(F)(F)F)cc21. The molecular weight excluding hydrogens is 289 g/mol. The van der Waals surface area contributed by atoms with Gasteiger partial charge in [-0.05, 0) is 36.8 Å². The summed E-state index contributed by atoms with van der Waals surface area (Å²) in [6.45, 7) is 1.69. The fourth-order valence-electron chi connectivity index (χ4n) is 2.08.